The number of aromatic nitrogens is 10. The summed E-state index contributed by atoms with van der Waals surface area (Å²) in [4.78, 5) is 62.2. The molecule has 8 heterocycles. The number of methoxy groups -OCH3 is 2. The number of imidazole rings is 2. The Morgan fingerprint density at radius 3 is 1.42 bits per heavy atom. The summed E-state index contributed by atoms with van der Waals surface area (Å²) >= 11 is 0. The first kappa shape index (κ1) is 46.5. The molecular weight excluding hydrogens is 917 g/mol. The van der Waals surface area contributed by atoms with E-state index in [2.05, 4.69) is 54.0 Å². The molecule has 2 N–H and O–H groups in total. The van der Waals surface area contributed by atoms with Crippen LogP contribution < -0.4 is 20.1 Å². The number of anilines is 2. The molecule has 4 fully saturated rings. The molecule has 0 bridgehead atoms. The fourth-order valence-electron chi connectivity index (χ4n) is 12.0. The Kier molecular flexibility index (Phi) is 11.7. The first-order valence-corrected chi connectivity index (χ1v) is 24.6. The van der Waals surface area contributed by atoms with Crippen molar-refractivity contribution in [1.29, 1.82) is 0 Å². The van der Waals surface area contributed by atoms with E-state index in [0.717, 1.165) is 86.5 Å². The van der Waals surface area contributed by atoms with Crippen molar-refractivity contribution in [3.8, 4) is 11.5 Å². The van der Waals surface area contributed by atoms with E-state index in [1.807, 2.05) is 58.6 Å². The number of rotatable bonds is 8. The standard InChI is InChI=1S/2C26H29N7O3/c2*1-16-11-26(14-31(15-26)17(2)34)7-6-21(16)32-13-18-9-19(22(36-3)10-20(18)30-32)25(35)29-24-12-27-23-5-4-8-28-33(23)24/h2*4-5,8-10,12-13,16,21H,6-7,11,14-15H2,1-3H3,(H,29,35)/t2*16-,21+/m00/s1. The van der Waals surface area contributed by atoms with Crippen LogP contribution >= 0.6 is 0 Å². The van der Waals surface area contributed by atoms with E-state index in [4.69, 9.17) is 19.7 Å². The molecule has 2 aromatic carbocycles. The van der Waals surface area contributed by atoms with E-state index in [0.29, 0.717) is 57.4 Å². The molecule has 12 rings (SSSR count). The lowest BCUT2D eigenvalue weighted by Gasteiger charge is -2.55. The van der Waals surface area contributed by atoms with E-state index in [-0.39, 0.29) is 46.5 Å². The second-order valence-corrected chi connectivity index (χ2v) is 20.5. The summed E-state index contributed by atoms with van der Waals surface area (Å²) in [5.74, 6) is 2.49. The van der Waals surface area contributed by atoms with Gasteiger partial charge in [-0.15, -0.1) is 0 Å². The highest BCUT2D eigenvalue weighted by atomic mass is 16.5. The second kappa shape index (κ2) is 18.1. The zero-order valence-corrected chi connectivity index (χ0v) is 41.3. The number of nitrogens with zero attached hydrogens (tertiary/aromatic N) is 12. The molecule has 4 amide bonds. The van der Waals surface area contributed by atoms with Gasteiger partial charge < -0.3 is 29.9 Å². The number of ether oxygens (including phenoxy) is 2. The molecule has 2 saturated heterocycles. The number of likely N-dealkylation sites (tertiary alicyclic amines) is 2. The summed E-state index contributed by atoms with van der Waals surface area (Å²) in [6.07, 6.45) is 16.9. The van der Waals surface area contributed by atoms with Crippen LogP contribution in [0.4, 0.5) is 11.6 Å². The molecular formula is C52H58N14O6. The number of hydrogen-bond acceptors (Lipinski definition) is 12. The van der Waals surface area contributed by atoms with Crippen LogP contribution in [0.15, 0.2) is 85.7 Å². The van der Waals surface area contributed by atoms with Gasteiger partial charge >= 0.3 is 0 Å². The minimum absolute atomic E-state index is 0.167. The predicted octanol–water partition coefficient (Wildman–Crippen LogP) is 7.10. The van der Waals surface area contributed by atoms with Crippen molar-refractivity contribution >= 4 is 68.4 Å². The SMILES string of the molecule is COc1cc2nn([C@@H]3CCC4(C[C@@H]3C)CN(C(C)=O)C4)cc2cc1C(=O)Nc1cnc2cccnn12.COc1cc2nn([C@@H]3CCC4(C[C@@H]3C)CN(C(C)=O)C4)cc2cc1C(=O)Nc1cnc2cccnn12. The molecule has 2 aliphatic carbocycles. The van der Waals surface area contributed by atoms with Gasteiger partial charge in [-0.25, -0.2) is 9.97 Å². The summed E-state index contributed by atoms with van der Waals surface area (Å²) in [5, 5.41) is 25.8. The van der Waals surface area contributed by atoms with E-state index >= 15 is 0 Å². The van der Waals surface area contributed by atoms with Gasteiger partial charge in [-0.3, -0.25) is 28.5 Å². The largest absolute Gasteiger partial charge is 0.496 e. The molecule has 0 unspecified atom stereocenters. The van der Waals surface area contributed by atoms with Crippen molar-refractivity contribution in [3.05, 3.63) is 96.8 Å². The van der Waals surface area contributed by atoms with Gasteiger partial charge in [0.2, 0.25) is 11.8 Å². The van der Waals surface area contributed by atoms with Crippen molar-refractivity contribution < 1.29 is 28.7 Å². The fraction of sp³-hybridized carbons (Fsp3) is 0.423. The first-order chi connectivity index (χ1) is 34.7. The summed E-state index contributed by atoms with van der Waals surface area (Å²) in [6.45, 7) is 11.3. The average Bonchev–Trinajstić information content (AvgIpc) is 4.16. The van der Waals surface area contributed by atoms with Gasteiger partial charge in [0, 0.05) is 98.5 Å². The number of benzene rings is 2. The van der Waals surface area contributed by atoms with Crippen LogP contribution in [0.3, 0.4) is 0 Å². The van der Waals surface area contributed by atoms with Gasteiger partial charge in [0.1, 0.15) is 11.5 Å². The lowest BCUT2D eigenvalue weighted by molar-refractivity contribution is -0.145. The quantitative estimate of drug-likeness (QED) is 0.156. The highest BCUT2D eigenvalue weighted by molar-refractivity contribution is 6.09. The lowest BCUT2D eigenvalue weighted by atomic mass is 9.64. The van der Waals surface area contributed by atoms with Crippen LogP contribution in [0, 0.1) is 22.7 Å². The van der Waals surface area contributed by atoms with Gasteiger partial charge in [-0.1, -0.05) is 13.8 Å². The van der Waals surface area contributed by atoms with Crippen LogP contribution in [0.1, 0.15) is 99.0 Å². The molecule has 2 spiro atoms. The third-order valence-corrected chi connectivity index (χ3v) is 15.7. The van der Waals surface area contributed by atoms with Crippen molar-refractivity contribution in [2.75, 3.05) is 51.0 Å². The maximum atomic E-state index is 13.2. The molecule has 2 aliphatic heterocycles. The number of carbonyl (C=O) groups is 4. The summed E-state index contributed by atoms with van der Waals surface area (Å²) in [5.41, 5.74) is 4.24. The van der Waals surface area contributed by atoms with Crippen LogP contribution in [-0.4, -0.2) is 123 Å². The van der Waals surface area contributed by atoms with Gasteiger partial charge in [-0.2, -0.15) is 29.4 Å². The molecule has 72 heavy (non-hydrogen) atoms. The van der Waals surface area contributed by atoms with E-state index in [1.165, 1.54) is 0 Å². The molecule has 20 heteroatoms. The third kappa shape index (κ3) is 8.40. The smallest absolute Gasteiger partial charge is 0.260 e. The Bertz CT molecular complexity index is 3190. The minimum atomic E-state index is -0.304. The molecule has 8 aromatic rings. The molecule has 0 radical (unpaired) electrons. The van der Waals surface area contributed by atoms with E-state index in [1.54, 1.807) is 74.0 Å². The topological polar surface area (TPSA) is 213 Å². The Morgan fingerprint density at radius 2 is 1.04 bits per heavy atom. The lowest BCUT2D eigenvalue weighted by Crippen LogP contribution is -2.60. The van der Waals surface area contributed by atoms with Crippen molar-refractivity contribution in [1.82, 2.24) is 58.6 Å². The molecule has 4 atom stereocenters. The first-order valence-electron chi connectivity index (χ1n) is 24.6. The fourth-order valence-corrected chi connectivity index (χ4v) is 12.0. The van der Waals surface area contributed by atoms with Crippen LogP contribution in [0.2, 0.25) is 0 Å². The highest BCUT2D eigenvalue weighted by Crippen LogP contribution is 2.51. The van der Waals surface area contributed by atoms with Crippen molar-refractivity contribution in [2.24, 2.45) is 22.7 Å². The molecule has 20 nitrogen and oxygen atoms in total. The van der Waals surface area contributed by atoms with Crippen molar-refractivity contribution in [3.63, 3.8) is 0 Å². The van der Waals surface area contributed by atoms with Crippen LogP contribution in [0.25, 0.3) is 33.1 Å². The van der Waals surface area contributed by atoms with E-state index in [9.17, 15) is 19.2 Å². The van der Waals surface area contributed by atoms with Gasteiger partial charge in [-0.05, 0) is 86.8 Å². The molecule has 372 valence electrons. The zero-order valence-electron chi connectivity index (χ0n) is 41.3. The monoisotopic (exact) mass is 974 g/mol. The van der Waals surface area contributed by atoms with Crippen molar-refractivity contribution in [2.45, 2.75) is 78.3 Å². The summed E-state index contributed by atoms with van der Waals surface area (Å²) < 4.78 is 18.4. The molecule has 2 saturated carbocycles. The Morgan fingerprint density at radius 1 is 0.625 bits per heavy atom. The number of carbonyl (C=O) groups excluding carboxylic acids is 4. The van der Waals surface area contributed by atoms with E-state index < -0.39 is 0 Å². The Hall–Kier alpha value is -7.90. The zero-order chi connectivity index (χ0) is 50.1. The highest BCUT2D eigenvalue weighted by Gasteiger charge is 2.50. The number of hydrogen-bond donors (Lipinski definition) is 2. The number of amides is 4. The summed E-state index contributed by atoms with van der Waals surface area (Å²) in [6, 6.07) is 15.1. The van der Waals surface area contributed by atoms with Gasteiger partial charge in [0.25, 0.3) is 11.8 Å². The predicted molar refractivity (Wildman–Crippen MR) is 268 cm³/mol. The van der Waals surface area contributed by atoms with Crippen LogP contribution in [0.5, 0.6) is 11.5 Å². The Balaban J connectivity index is 0.000000156. The molecule has 6 aromatic heterocycles. The minimum Gasteiger partial charge on any atom is -0.496 e. The third-order valence-electron chi connectivity index (χ3n) is 15.7. The normalized spacial score (nSPS) is 21.0. The summed E-state index contributed by atoms with van der Waals surface area (Å²) in [7, 11) is 3.10. The number of fused-ring (bicyclic) bond motifs is 4. The maximum absolute atomic E-state index is 13.2. The average molecular weight is 975 g/mol. The van der Waals surface area contributed by atoms with Gasteiger partial charge in [0.05, 0.1) is 60.9 Å². The molecule has 4 aliphatic rings. The Labute approximate surface area is 414 Å². The maximum Gasteiger partial charge on any atom is 0.260 e. The van der Waals surface area contributed by atoms with Gasteiger partial charge in [0.15, 0.2) is 22.9 Å². The second-order valence-electron chi connectivity index (χ2n) is 20.5. The van der Waals surface area contributed by atoms with Crippen LogP contribution in [-0.2, 0) is 9.59 Å². The number of nitrogens with one attached hydrogen (secondary N) is 2.